The zero-order chi connectivity index (χ0) is 15.2. The Labute approximate surface area is 128 Å². The lowest BCUT2D eigenvalue weighted by Crippen LogP contribution is -2.23. The van der Waals surface area contributed by atoms with Gasteiger partial charge < -0.3 is 10.6 Å². The van der Waals surface area contributed by atoms with Gasteiger partial charge in [-0.05, 0) is 41.6 Å². The number of hydrogen-bond acceptors (Lipinski definition) is 3. The van der Waals surface area contributed by atoms with Crippen LogP contribution in [0.4, 0.5) is 0 Å². The summed E-state index contributed by atoms with van der Waals surface area (Å²) in [7, 11) is 0. The van der Waals surface area contributed by atoms with Crippen molar-refractivity contribution in [2.24, 2.45) is 0 Å². The van der Waals surface area contributed by atoms with Gasteiger partial charge in [0.05, 0.1) is 6.54 Å². The Balaban J connectivity index is 1.90. The number of thiophene rings is 1. The highest BCUT2D eigenvalue weighted by molar-refractivity contribution is 7.10. The molecule has 0 aliphatic heterocycles. The molecule has 5 heteroatoms. The predicted octanol–water partition coefficient (Wildman–Crippen LogP) is 2.62. The molecule has 0 atom stereocenters. The van der Waals surface area contributed by atoms with Gasteiger partial charge in [-0.15, -0.1) is 11.3 Å². The van der Waals surface area contributed by atoms with E-state index in [1.165, 1.54) is 17.4 Å². The Morgan fingerprint density at radius 1 is 1.05 bits per heavy atom. The topological polar surface area (TPSA) is 58.2 Å². The predicted molar refractivity (Wildman–Crippen MR) is 84.2 cm³/mol. The van der Waals surface area contributed by atoms with Crippen LogP contribution in [0, 0.1) is 6.92 Å². The van der Waals surface area contributed by atoms with Crippen LogP contribution < -0.4 is 10.6 Å². The van der Waals surface area contributed by atoms with Crippen LogP contribution in [0.1, 0.15) is 33.3 Å². The number of hydrogen-bond donors (Lipinski definition) is 2. The van der Waals surface area contributed by atoms with Gasteiger partial charge >= 0.3 is 0 Å². The first kappa shape index (κ1) is 15.3. The minimum absolute atomic E-state index is 0.0665. The molecule has 1 aromatic carbocycles. The smallest absolute Gasteiger partial charge is 0.251 e. The lowest BCUT2D eigenvalue weighted by Gasteiger charge is -2.06. The van der Waals surface area contributed by atoms with Crippen molar-refractivity contribution < 1.29 is 9.59 Å². The lowest BCUT2D eigenvalue weighted by molar-refractivity contribution is -0.119. The molecule has 1 heterocycles. The molecule has 0 aliphatic carbocycles. The molecule has 110 valence electrons. The van der Waals surface area contributed by atoms with E-state index in [0.717, 1.165) is 5.56 Å². The van der Waals surface area contributed by atoms with Gasteiger partial charge in [-0.25, -0.2) is 0 Å². The van der Waals surface area contributed by atoms with Crippen LogP contribution >= 0.6 is 11.3 Å². The number of amides is 2. The lowest BCUT2D eigenvalue weighted by atomic mass is 10.1. The monoisotopic (exact) mass is 302 g/mol. The third-order valence-corrected chi connectivity index (χ3v) is 4.16. The molecule has 2 N–H and O–H groups in total. The maximum Gasteiger partial charge on any atom is 0.251 e. The van der Waals surface area contributed by atoms with Gasteiger partial charge in [0.15, 0.2) is 0 Å². The standard InChI is InChI=1S/C16H18N2O2S/c1-11-7-8-21-15(11)10-18-16(20)14-5-3-13(4-6-14)9-17-12(2)19/h3-8H,9-10H2,1-2H3,(H,17,19)(H,18,20). The average molecular weight is 302 g/mol. The van der Waals surface area contributed by atoms with Crippen molar-refractivity contribution in [3.63, 3.8) is 0 Å². The second-order valence-electron chi connectivity index (χ2n) is 4.82. The first-order valence-corrected chi connectivity index (χ1v) is 7.59. The molecule has 0 bridgehead atoms. The van der Waals surface area contributed by atoms with Crippen molar-refractivity contribution in [2.45, 2.75) is 26.9 Å². The van der Waals surface area contributed by atoms with Crippen molar-refractivity contribution in [1.29, 1.82) is 0 Å². The van der Waals surface area contributed by atoms with Crippen molar-refractivity contribution >= 4 is 23.2 Å². The zero-order valence-electron chi connectivity index (χ0n) is 12.1. The van der Waals surface area contributed by atoms with Gasteiger partial charge in [-0.2, -0.15) is 0 Å². The fraction of sp³-hybridized carbons (Fsp3) is 0.250. The first-order valence-electron chi connectivity index (χ1n) is 6.71. The second kappa shape index (κ2) is 7.04. The summed E-state index contributed by atoms with van der Waals surface area (Å²) < 4.78 is 0. The Bertz CT molecular complexity index is 632. The Kier molecular flexibility index (Phi) is 5.11. The average Bonchev–Trinajstić information content (AvgIpc) is 2.88. The van der Waals surface area contributed by atoms with Crippen LogP contribution in [0.5, 0.6) is 0 Å². The minimum atomic E-state index is -0.0890. The summed E-state index contributed by atoms with van der Waals surface area (Å²) in [4.78, 5) is 24.1. The van der Waals surface area contributed by atoms with E-state index in [1.54, 1.807) is 23.5 Å². The summed E-state index contributed by atoms with van der Waals surface area (Å²) in [6.45, 7) is 4.55. The van der Waals surface area contributed by atoms with Crippen LogP contribution in [0.25, 0.3) is 0 Å². The van der Waals surface area contributed by atoms with Gasteiger partial charge in [0.25, 0.3) is 5.91 Å². The van der Waals surface area contributed by atoms with Crippen LogP contribution in [-0.4, -0.2) is 11.8 Å². The molecule has 0 unspecified atom stereocenters. The molecule has 21 heavy (non-hydrogen) atoms. The summed E-state index contributed by atoms with van der Waals surface area (Å²) in [5.41, 5.74) is 2.79. The summed E-state index contributed by atoms with van der Waals surface area (Å²) in [6, 6.07) is 9.28. The van der Waals surface area contributed by atoms with Crippen LogP contribution in [-0.2, 0) is 17.9 Å². The molecule has 0 saturated heterocycles. The Morgan fingerprint density at radius 2 is 1.76 bits per heavy atom. The SMILES string of the molecule is CC(=O)NCc1ccc(C(=O)NCc2sccc2C)cc1. The second-order valence-corrected chi connectivity index (χ2v) is 5.82. The Hall–Kier alpha value is -2.14. The number of nitrogens with one attached hydrogen (secondary N) is 2. The summed E-state index contributed by atoms with van der Waals surface area (Å²) >= 11 is 1.64. The van der Waals surface area contributed by atoms with E-state index in [4.69, 9.17) is 0 Å². The van der Waals surface area contributed by atoms with Gasteiger partial charge in [0.2, 0.25) is 5.91 Å². The van der Waals surface area contributed by atoms with E-state index in [1.807, 2.05) is 30.5 Å². The van der Waals surface area contributed by atoms with E-state index in [-0.39, 0.29) is 11.8 Å². The molecule has 0 fully saturated rings. The van der Waals surface area contributed by atoms with Crippen molar-refractivity contribution in [3.05, 3.63) is 57.3 Å². The third-order valence-electron chi connectivity index (χ3n) is 3.14. The number of rotatable bonds is 5. The summed E-state index contributed by atoms with van der Waals surface area (Å²) in [5, 5.41) is 7.66. The fourth-order valence-electron chi connectivity index (χ4n) is 1.85. The van der Waals surface area contributed by atoms with Gasteiger partial charge in [-0.1, -0.05) is 12.1 Å². The van der Waals surface area contributed by atoms with E-state index < -0.39 is 0 Å². The number of carbonyl (C=O) groups is 2. The van der Waals surface area contributed by atoms with Crippen molar-refractivity contribution in [3.8, 4) is 0 Å². The fourth-order valence-corrected chi connectivity index (χ4v) is 2.69. The summed E-state index contributed by atoms with van der Waals surface area (Å²) in [5.74, 6) is -0.156. The zero-order valence-corrected chi connectivity index (χ0v) is 12.9. The number of aryl methyl sites for hydroxylation is 1. The highest BCUT2D eigenvalue weighted by Gasteiger charge is 2.07. The molecular weight excluding hydrogens is 284 g/mol. The minimum Gasteiger partial charge on any atom is -0.352 e. The van der Waals surface area contributed by atoms with Crippen LogP contribution in [0.3, 0.4) is 0 Å². The maximum atomic E-state index is 12.1. The van der Waals surface area contributed by atoms with Crippen molar-refractivity contribution in [1.82, 2.24) is 10.6 Å². The molecule has 2 amide bonds. The quantitative estimate of drug-likeness (QED) is 0.892. The normalized spacial score (nSPS) is 10.2. The third kappa shape index (κ3) is 4.43. The molecule has 0 saturated carbocycles. The van der Waals surface area contributed by atoms with Crippen LogP contribution in [0.15, 0.2) is 35.7 Å². The molecular formula is C16H18N2O2S. The molecule has 2 rings (SSSR count). The first-order chi connectivity index (χ1) is 10.1. The van der Waals surface area contributed by atoms with E-state index in [9.17, 15) is 9.59 Å². The summed E-state index contributed by atoms with van der Waals surface area (Å²) in [6.07, 6.45) is 0. The van der Waals surface area contributed by atoms with E-state index in [2.05, 4.69) is 10.6 Å². The molecule has 0 spiro atoms. The number of carbonyl (C=O) groups excluding carboxylic acids is 2. The Morgan fingerprint density at radius 3 is 2.33 bits per heavy atom. The van der Waals surface area contributed by atoms with E-state index in [0.29, 0.717) is 18.7 Å². The molecule has 0 radical (unpaired) electrons. The van der Waals surface area contributed by atoms with Gasteiger partial charge in [0.1, 0.15) is 0 Å². The van der Waals surface area contributed by atoms with Crippen LogP contribution in [0.2, 0.25) is 0 Å². The molecule has 0 aliphatic rings. The molecule has 4 nitrogen and oxygen atoms in total. The van der Waals surface area contributed by atoms with Crippen molar-refractivity contribution in [2.75, 3.05) is 0 Å². The van der Waals surface area contributed by atoms with E-state index >= 15 is 0 Å². The molecule has 2 aromatic rings. The van der Waals surface area contributed by atoms with Gasteiger partial charge in [0, 0.05) is 23.9 Å². The highest BCUT2D eigenvalue weighted by atomic mass is 32.1. The highest BCUT2D eigenvalue weighted by Crippen LogP contribution is 2.15. The largest absolute Gasteiger partial charge is 0.352 e. The van der Waals surface area contributed by atoms with Gasteiger partial charge in [-0.3, -0.25) is 9.59 Å². The number of benzene rings is 1. The maximum absolute atomic E-state index is 12.1. The molecule has 1 aromatic heterocycles.